The van der Waals surface area contributed by atoms with Crippen LogP contribution in [0.3, 0.4) is 0 Å². The Morgan fingerprint density at radius 3 is 2.88 bits per heavy atom. The van der Waals surface area contributed by atoms with E-state index in [9.17, 15) is 9.59 Å². The SMILES string of the molecule is CCCNC(=O)c1cc2c(=O)n3cccc(C)c3nc2n1CCCOC. The summed E-state index contributed by atoms with van der Waals surface area (Å²) in [6, 6.07) is 5.39. The van der Waals surface area contributed by atoms with Crippen molar-refractivity contribution in [2.45, 2.75) is 33.2 Å². The number of ether oxygens (including phenoxy) is 1. The number of carbonyl (C=O) groups excluding carboxylic acids is 1. The van der Waals surface area contributed by atoms with Crippen LogP contribution < -0.4 is 10.9 Å². The fraction of sp³-hybridized carbons (Fsp3) is 0.421. The zero-order chi connectivity index (χ0) is 18.7. The molecule has 3 aromatic rings. The molecule has 0 aliphatic rings. The predicted molar refractivity (Wildman–Crippen MR) is 101 cm³/mol. The van der Waals surface area contributed by atoms with Gasteiger partial charge in [0, 0.05) is 33.0 Å². The van der Waals surface area contributed by atoms with Crippen molar-refractivity contribution in [2.24, 2.45) is 0 Å². The second-order valence-electron chi connectivity index (χ2n) is 6.32. The van der Waals surface area contributed by atoms with Crippen LogP contribution in [0.25, 0.3) is 16.7 Å². The summed E-state index contributed by atoms with van der Waals surface area (Å²) in [5.74, 6) is -0.188. The third-order valence-electron chi connectivity index (χ3n) is 4.39. The van der Waals surface area contributed by atoms with E-state index in [2.05, 4.69) is 5.32 Å². The van der Waals surface area contributed by atoms with E-state index in [1.54, 1.807) is 19.4 Å². The zero-order valence-corrected chi connectivity index (χ0v) is 15.4. The van der Waals surface area contributed by atoms with E-state index in [-0.39, 0.29) is 11.5 Å². The molecule has 0 radical (unpaired) electrons. The molecule has 0 aliphatic carbocycles. The number of nitrogens with one attached hydrogen (secondary N) is 1. The van der Waals surface area contributed by atoms with Crippen LogP contribution in [-0.2, 0) is 11.3 Å². The average Bonchev–Trinajstić information content (AvgIpc) is 3.00. The Hall–Kier alpha value is -2.67. The molecular formula is C19H24N4O3. The Morgan fingerprint density at radius 1 is 1.35 bits per heavy atom. The summed E-state index contributed by atoms with van der Waals surface area (Å²) in [5, 5.41) is 3.34. The summed E-state index contributed by atoms with van der Waals surface area (Å²) < 4.78 is 8.49. The van der Waals surface area contributed by atoms with Gasteiger partial charge in [-0.15, -0.1) is 0 Å². The van der Waals surface area contributed by atoms with Gasteiger partial charge in [-0.1, -0.05) is 13.0 Å². The first-order valence-corrected chi connectivity index (χ1v) is 8.86. The molecule has 7 nitrogen and oxygen atoms in total. The number of hydrogen-bond donors (Lipinski definition) is 1. The standard InChI is InChI=1S/C19H24N4O3/c1-4-8-20-18(24)15-12-14-17(22(15)10-6-11-26-3)21-16-13(2)7-5-9-23(16)19(14)25/h5,7,9,12H,4,6,8,10-11H2,1-3H3,(H,20,24). The van der Waals surface area contributed by atoms with Crippen LogP contribution in [0, 0.1) is 6.92 Å². The Morgan fingerprint density at radius 2 is 2.15 bits per heavy atom. The molecule has 0 saturated carbocycles. The average molecular weight is 356 g/mol. The normalized spacial score (nSPS) is 11.3. The lowest BCUT2D eigenvalue weighted by atomic mass is 10.3. The van der Waals surface area contributed by atoms with Crippen molar-refractivity contribution < 1.29 is 9.53 Å². The van der Waals surface area contributed by atoms with Gasteiger partial charge in [-0.05, 0) is 37.5 Å². The molecule has 3 rings (SSSR count). The first-order chi connectivity index (χ1) is 12.6. The van der Waals surface area contributed by atoms with Gasteiger partial charge in [0.15, 0.2) is 0 Å². The predicted octanol–water partition coefficient (Wildman–Crippen LogP) is 2.13. The molecule has 0 spiro atoms. The first kappa shape index (κ1) is 18.1. The number of aromatic nitrogens is 3. The van der Waals surface area contributed by atoms with Crippen molar-refractivity contribution in [3.8, 4) is 0 Å². The van der Waals surface area contributed by atoms with Gasteiger partial charge in [0.25, 0.3) is 11.5 Å². The summed E-state index contributed by atoms with van der Waals surface area (Å²) in [4.78, 5) is 30.2. The second kappa shape index (κ2) is 7.70. The van der Waals surface area contributed by atoms with Crippen LogP contribution in [0.5, 0.6) is 0 Å². The number of pyridine rings is 1. The number of rotatable bonds is 7. The third kappa shape index (κ3) is 3.22. The highest BCUT2D eigenvalue weighted by Gasteiger charge is 2.19. The maximum Gasteiger partial charge on any atom is 0.267 e. The van der Waals surface area contributed by atoms with Gasteiger partial charge in [-0.3, -0.25) is 14.0 Å². The van der Waals surface area contributed by atoms with E-state index < -0.39 is 0 Å². The lowest BCUT2D eigenvalue weighted by Crippen LogP contribution is -2.26. The van der Waals surface area contributed by atoms with Gasteiger partial charge < -0.3 is 14.6 Å². The molecule has 3 heterocycles. The molecule has 0 bridgehead atoms. The van der Waals surface area contributed by atoms with Crippen LogP contribution in [0.1, 0.15) is 35.8 Å². The largest absolute Gasteiger partial charge is 0.385 e. The molecule has 0 saturated heterocycles. The van der Waals surface area contributed by atoms with Crippen LogP contribution in [0.15, 0.2) is 29.2 Å². The van der Waals surface area contributed by atoms with Crippen molar-refractivity contribution in [3.63, 3.8) is 0 Å². The summed E-state index contributed by atoms with van der Waals surface area (Å²) >= 11 is 0. The van der Waals surface area contributed by atoms with Crippen molar-refractivity contribution in [1.82, 2.24) is 19.3 Å². The van der Waals surface area contributed by atoms with Crippen molar-refractivity contribution in [3.05, 3.63) is 46.0 Å². The number of hydrogen-bond acceptors (Lipinski definition) is 4. The molecule has 1 amide bonds. The molecule has 0 aromatic carbocycles. The van der Waals surface area contributed by atoms with E-state index in [0.717, 1.165) is 18.4 Å². The van der Waals surface area contributed by atoms with Crippen LogP contribution in [-0.4, -0.2) is 40.1 Å². The summed E-state index contributed by atoms with van der Waals surface area (Å²) in [6.07, 6.45) is 3.28. The quantitative estimate of drug-likeness (QED) is 0.658. The molecule has 3 aromatic heterocycles. The minimum atomic E-state index is -0.188. The number of aryl methyl sites for hydroxylation is 2. The Labute approximate surface area is 151 Å². The van der Waals surface area contributed by atoms with E-state index in [1.807, 2.05) is 30.5 Å². The van der Waals surface area contributed by atoms with E-state index in [4.69, 9.17) is 9.72 Å². The molecule has 7 heteroatoms. The number of methoxy groups -OCH3 is 1. The van der Waals surface area contributed by atoms with Crippen LogP contribution in [0.4, 0.5) is 0 Å². The molecular weight excluding hydrogens is 332 g/mol. The molecule has 0 atom stereocenters. The van der Waals surface area contributed by atoms with Gasteiger partial charge in [-0.2, -0.15) is 0 Å². The Kier molecular flexibility index (Phi) is 5.37. The summed E-state index contributed by atoms with van der Waals surface area (Å²) in [5.41, 5.74) is 2.36. The number of carbonyl (C=O) groups is 1. The summed E-state index contributed by atoms with van der Waals surface area (Å²) in [6.45, 7) is 5.63. The highest BCUT2D eigenvalue weighted by atomic mass is 16.5. The second-order valence-corrected chi connectivity index (χ2v) is 6.32. The van der Waals surface area contributed by atoms with Gasteiger partial charge in [0.05, 0.1) is 5.39 Å². The molecule has 26 heavy (non-hydrogen) atoms. The number of fused-ring (bicyclic) bond motifs is 2. The fourth-order valence-electron chi connectivity index (χ4n) is 3.07. The maximum atomic E-state index is 12.9. The third-order valence-corrected chi connectivity index (χ3v) is 4.39. The first-order valence-electron chi connectivity index (χ1n) is 8.86. The minimum Gasteiger partial charge on any atom is -0.385 e. The van der Waals surface area contributed by atoms with Crippen LogP contribution >= 0.6 is 0 Å². The summed E-state index contributed by atoms with van der Waals surface area (Å²) in [7, 11) is 1.64. The molecule has 0 aliphatic heterocycles. The molecule has 1 N–H and O–H groups in total. The lowest BCUT2D eigenvalue weighted by Gasteiger charge is -2.11. The van der Waals surface area contributed by atoms with Crippen molar-refractivity contribution in [2.75, 3.05) is 20.3 Å². The number of amides is 1. The minimum absolute atomic E-state index is 0.163. The van der Waals surface area contributed by atoms with Crippen molar-refractivity contribution >= 4 is 22.6 Å². The van der Waals surface area contributed by atoms with E-state index in [1.165, 1.54) is 4.40 Å². The Balaban J connectivity index is 2.22. The monoisotopic (exact) mass is 356 g/mol. The van der Waals surface area contributed by atoms with Gasteiger partial charge in [0.1, 0.15) is 17.0 Å². The lowest BCUT2D eigenvalue weighted by molar-refractivity contribution is 0.0943. The van der Waals surface area contributed by atoms with Gasteiger partial charge in [-0.25, -0.2) is 4.98 Å². The molecule has 0 fully saturated rings. The van der Waals surface area contributed by atoms with E-state index >= 15 is 0 Å². The number of nitrogens with zero attached hydrogens (tertiary/aromatic N) is 3. The maximum absolute atomic E-state index is 12.9. The highest BCUT2D eigenvalue weighted by Crippen LogP contribution is 2.18. The Bertz CT molecular complexity index is 1000. The zero-order valence-electron chi connectivity index (χ0n) is 15.4. The van der Waals surface area contributed by atoms with Gasteiger partial charge >= 0.3 is 0 Å². The molecule has 0 unspecified atom stereocenters. The van der Waals surface area contributed by atoms with E-state index in [0.29, 0.717) is 42.1 Å². The highest BCUT2D eigenvalue weighted by molar-refractivity contribution is 5.98. The van der Waals surface area contributed by atoms with Gasteiger partial charge in [0.2, 0.25) is 0 Å². The topological polar surface area (TPSA) is 77.6 Å². The van der Waals surface area contributed by atoms with Crippen molar-refractivity contribution in [1.29, 1.82) is 0 Å². The fourth-order valence-corrected chi connectivity index (χ4v) is 3.07. The van der Waals surface area contributed by atoms with Crippen LogP contribution in [0.2, 0.25) is 0 Å². The molecule has 138 valence electrons. The smallest absolute Gasteiger partial charge is 0.267 e.